The highest BCUT2D eigenvalue weighted by Crippen LogP contribution is 2.15. The predicted octanol–water partition coefficient (Wildman–Crippen LogP) is 2.85. The molecule has 0 bridgehead atoms. The van der Waals surface area contributed by atoms with E-state index >= 15 is 0 Å². The molecule has 2 N–H and O–H groups in total. The summed E-state index contributed by atoms with van der Waals surface area (Å²) in [5, 5.41) is 0. The lowest BCUT2D eigenvalue weighted by Gasteiger charge is -2.21. The minimum atomic E-state index is -0.387. The summed E-state index contributed by atoms with van der Waals surface area (Å²) in [6, 6.07) is 8.05. The van der Waals surface area contributed by atoms with E-state index in [-0.39, 0.29) is 11.9 Å². The summed E-state index contributed by atoms with van der Waals surface area (Å²) in [5.74, 6) is 1.47. The largest absolute Gasteiger partial charge is 0.340 e. The molecule has 0 fully saturated rings. The Balaban J connectivity index is 2.56. The number of rotatable bonds is 7. The van der Waals surface area contributed by atoms with Gasteiger partial charge >= 0.3 is 0 Å². The predicted molar refractivity (Wildman–Crippen MR) is 88.0 cm³/mol. The van der Waals surface area contributed by atoms with E-state index in [0.717, 1.165) is 17.7 Å². The molecule has 0 aliphatic heterocycles. The van der Waals surface area contributed by atoms with Crippen molar-refractivity contribution in [1.29, 1.82) is 0 Å². The molecule has 1 atom stereocenters. The second-order valence-corrected chi connectivity index (χ2v) is 6.46. The van der Waals surface area contributed by atoms with E-state index in [9.17, 15) is 4.79 Å². The van der Waals surface area contributed by atoms with Crippen LogP contribution in [-0.4, -0.2) is 35.9 Å². The van der Waals surface area contributed by atoms with Crippen molar-refractivity contribution in [2.24, 2.45) is 5.73 Å². The van der Waals surface area contributed by atoms with Crippen LogP contribution in [0.5, 0.6) is 0 Å². The van der Waals surface area contributed by atoms with Crippen LogP contribution in [0.4, 0.5) is 0 Å². The van der Waals surface area contributed by atoms with Crippen LogP contribution >= 0.6 is 11.8 Å². The van der Waals surface area contributed by atoms with Gasteiger partial charge in [0.2, 0.25) is 5.91 Å². The van der Waals surface area contributed by atoms with Crippen molar-refractivity contribution in [3.63, 3.8) is 0 Å². The first-order chi connectivity index (χ1) is 9.45. The lowest BCUT2D eigenvalue weighted by Crippen LogP contribution is -2.41. The van der Waals surface area contributed by atoms with E-state index in [2.05, 4.69) is 38.1 Å². The molecule has 112 valence electrons. The second-order valence-electron chi connectivity index (χ2n) is 5.48. The number of nitrogens with two attached hydrogens (primary N) is 1. The molecule has 1 amide bonds. The number of carbonyl (C=O) groups is 1. The Labute approximate surface area is 126 Å². The van der Waals surface area contributed by atoms with Crippen LogP contribution in [0.15, 0.2) is 24.3 Å². The molecule has 0 saturated heterocycles. The first-order valence-corrected chi connectivity index (χ1v) is 8.43. The molecule has 0 heterocycles. The van der Waals surface area contributed by atoms with Gasteiger partial charge in [-0.05, 0) is 35.5 Å². The highest BCUT2D eigenvalue weighted by Gasteiger charge is 2.17. The molecule has 0 aromatic heterocycles. The fraction of sp³-hybridized carbons (Fsp3) is 0.562. The summed E-state index contributed by atoms with van der Waals surface area (Å²) in [5.41, 5.74) is 8.38. The summed E-state index contributed by atoms with van der Waals surface area (Å²) in [4.78, 5) is 13.8. The van der Waals surface area contributed by atoms with Gasteiger partial charge in [-0.15, -0.1) is 0 Å². The summed E-state index contributed by atoms with van der Waals surface area (Å²) < 4.78 is 0. The Kier molecular flexibility index (Phi) is 7.10. The zero-order valence-electron chi connectivity index (χ0n) is 12.9. The Hall–Kier alpha value is -1.00. The zero-order chi connectivity index (χ0) is 15.1. The highest BCUT2D eigenvalue weighted by atomic mass is 32.2. The molecule has 20 heavy (non-hydrogen) atoms. The first kappa shape index (κ1) is 17.1. The molecule has 0 unspecified atom stereocenters. The van der Waals surface area contributed by atoms with Crippen LogP contribution in [0, 0.1) is 0 Å². The third-order valence-electron chi connectivity index (χ3n) is 3.39. The molecule has 1 aromatic rings. The van der Waals surface area contributed by atoms with E-state index < -0.39 is 0 Å². The van der Waals surface area contributed by atoms with Gasteiger partial charge in [0.05, 0.1) is 6.04 Å². The number of carbonyl (C=O) groups excluding carboxylic acids is 1. The topological polar surface area (TPSA) is 46.3 Å². The van der Waals surface area contributed by atoms with Crippen molar-refractivity contribution in [2.75, 3.05) is 19.1 Å². The quantitative estimate of drug-likeness (QED) is 0.841. The zero-order valence-corrected chi connectivity index (χ0v) is 13.7. The summed E-state index contributed by atoms with van der Waals surface area (Å²) in [7, 11) is 1.82. The number of amides is 1. The maximum atomic E-state index is 12.1. The molecule has 0 spiro atoms. The van der Waals surface area contributed by atoms with Gasteiger partial charge in [0.1, 0.15) is 0 Å². The highest BCUT2D eigenvalue weighted by molar-refractivity contribution is 7.98. The van der Waals surface area contributed by atoms with Crippen LogP contribution in [-0.2, 0) is 11.3 Å². The van der Waals surface area contributed by atoms with Gasteiger partial charge in [-0.3, -0.25) is 4.79 Å². The number of hydrogen-bond donors (Lipinski definition) is 1. The first-order valence-electron chi connectivity index (χ1n) is 7.04. The third-order valence-corrected chi connectivity index (χ3v) is 4.04. The monoisotopic (exact) mass is 294 g/mol. The number of thioether (sulfide) groups is 1. The Morgan fingerprint density at radius 3 is 2.40 bits per heavy atom. The average molecular weight is 294 g/mol. The smallest absolute Gasteiger partial charge is 0.239 e. The molecular weight excluding hydrogens is 268 g/mol. The fourth-order valence-electron chi connectivity index (χ4n) is 2.01. The van der Waals surface area contributed by atoms with Crippen molar-refractivity contribution in [2.45, 2.75) is 38.8 Å². The summed E-state index contributed by atoms with van der Waals surface area (Å²) in [6.45, 7) is 4.97. The van der Waals surface area contributed by atoms with Crippen molar-refractivity contribution in [1.82, 2.24) is 4.90 Å². The van der Waals surface area contributed by atoms with Gasteiger partial charge in [-0.25, -0.2) is 0 Å². The maximum Gasteiger partial charge on any atom is 0.239 e. The van der Waals surface area contributed by atoms with Gasteiger partial charge in [-0.2, -0.15) is 11.8 Å². The molecule has 0 radical (unpaired) electrons. The van der Waals surface area contributed by atoms with E-state index in [1.165, 1.54) is 5.56 Å². The standard InChI is InChI=1S/C16H26N2OS/c1-12(2)14-7-5-13(6-8-14)11-18(3)16(19)15(17)9-10-20-4/h5-8,12,15H,9-11,17H2,1-4H3/t15-/m1/s1. The number of benzene rings is 1. The van der Waals surface area contributed by atoms with Gasteiger partial charge in [0, 0.05) is 13.6 Å². The molecular formula is C16H26N2OS. The van der Waals surface area contributed by atoms with Crippen LogP contribution in [0.25, 0.3) is 0 Å². The van der Waals surface area contributed by atoms with E-state index in [0.29, 0.717) is 12.5 Å². The lowest BCUT2D eigenvalue weighted by atomic mass is 10.0. The molecule has 0 aliphatic carbocycles. The van der Waals surface area contributed by atoms with Crippen molar-refractivity contribution in [3.8, 4) is 0 Å². The number of nitrogens with zero attached hydrogens (tertiary/aromatic N) is 1. The van der Waals surface area contributed by atoms with Gasteiger partial charge in [0.25, 0.3) is 0 Å². The molecule has 1 aromatic carbocycles. The van der Waals surface area contributed by atoms with Gasteiger partial charge < -0.3 is 10.6 Å². The third kappa shape index (κ3) is 5.17. The maximum absolute atomic E-state index is 12.1. The molecule has 0 saturated carbocycles. The summed E-state index contributed by atoms with van der Waals surface area (Å²) >= 11 is 1.72. The van der Waals surface area contributed by atoms with E-state index in [1.807, 2.05) is 13.3 Å². The molecule has 3 nitrogen and oxygen atoms in total. The molecule has 0 aliphatic rings. The Morgan fingerprint density at radius 2 is 1.90 bits per heavy atom. The van der Waals surface area contributed by atoms with Gasteiger partial charge in [-0.1, -0.05) is 38.1 Å². The lowest BCUT2D eigenvalue weighted by molar-refractivity contribution is -0.131. The normalized spacial score (nSPS) is 12.5. The van der Waals surface area contributed by atoms with Gasteiger partial charge in [0.15, 0.2) is 0 Å². The van der Waals surface area contributed by atoms with Crippen molar-refractivity contribution < 1.29 is 4.79 Å². The Bertz CT molecular complexity index is 417. The molecule has 4 heteroatoms. The van der Waals surface area contributed by atoms with Crippen LogP contribution in [0.3, 0.4) is 0 Å². The van der Waals surface area contributed by atoms with E-state index in [4.69, 9.17) is 5.73 Å². The SMILES string of the molecule is CSCC[C@@H](N)C(=O)N(C)Cc1ccc(C(C)C)cc1. The minimum Gasteiger partial charge on any atom is -0.340 e. The fourth-order valence-corrected chi connectivity index (χ4v) is 2.50. The van der Waals surface area contributed by atoms with Crippen LogP contribution < -0.4 is 5.73 Å². The minimum absolute atomic E-state index is 0.0204. The van der Waals surface area contributed by atoms with Crippen LogP contribution in [0.2, 0.25) is 0 Å². The number of likely N-dealkylation sites (N-methyl/N-ethyl adjacent to an activating group) is 1. The average Bonchev–Trinajstić information content (AvgIpc) is 2.44. The number of hydrogen-bond acceptors (Lipinski definition) is 3. The van der Waals surface area contributed by atoms with Crippen molar-refractivity contribution in [3.05, 3.63) is 35.4 Å². The van der Waals surface area contributed by atoms with E-state index in [1.54, 1.807) is 16.7 Å². The molecule has 1 rings (SSSR count). The summed E-state index contributed by atoms with van der Waals surface area (Å²) in [6.07, 6.45) is 2.76. The Morgan fingerprint density at radius 1 is 1.30 bits per heavy atom. The second kappa shape index (κ2) is 8.32. The van der Waals surface area contributed by atoms with Crippen LogP contribution in [0.1, 0.15) is 37.3 Å². The van der Waals surface area contributed by atoms with Crippen molar-refractivity contribution >= 4 is 17.7 Å².